The second-order valence-electron chi connectivity index (χ2n) is 8.26. The molecule has 0 bridgehead atoms. The van der Waals surface area contributed by atoms with Gasteiger partial charge in [0, 0.05) is 38.6 Å². The molecule has 0 radical (unpaired) electrons. The van der Waals surface area contributed by atoms with E-state index in [0.717, 1.165) is 56.1 Å². The number of benzene rings is 2. The second-order valence-corrected chi connectivity index (χ2v) is 9.32. The van der Waals surface area contributed by atoms with Gasteiger partial charge >= 0.3 is 0 Å². The number of amides is 1. The number of piperazine rings is 1. The van der Waals surface area contributed by atoms with Crippen LogP contribution < -0.4 is 0 Å². The number of carbonyl (C=O) groups excluding carboxylic acids is 1. The molecule has 5 heteroatoms. The number of allylic oxidation sites excluding steroid dienone is 2. The lowest BCUT2D eigenvalue weighted by Gasteiger charge is -2.38. The van der Waals surface area contributed by atoms with Crippen molar-refractivity contribution in [2.45, 2.75) is 25.3 Å². The Hall–Kier alpha value is -2.50. The number of aromatic nitrogens is 1. The van der Waals surface area contributed by atoms with Crippen molar-refractivity contribution in [3.63, 3.8) is 0 Å². The number of para-hydroxylation sites is 1. The second kappa shape index (κ2) is 8.70. The third kappa shape index (κ3) is 4.05. The van der Waals surface area contributed by atoms with Crippen molar-refractivity contribution in [2.75, 3.05) is 26.2 Å². The van der Waals surface area contributed by atoms with Crippen LogP contribution in [0, 0.1) is 5.92 Å². The maximum absolute atomic E-state index is 13.5. The molecule has 1 aliphatic carbocycles. The molecule has 2 aliphatic rings. The molecule has 30 heavy (non-hydrogen) atoms. The van der Waals surface area contributed by atoms with Gasteiger partial charge < -0.3 is 4.90 Å². The molecule has 1 fully saturated rings. The Morgan fingerprint density at radius 3 is 2.47 bits per heavy atom. The number of rotatable bonds is 4. The molecule has 5 rings (SSSR count). The summed E-state index contributed by atoms with van der Waals surface area (Å²) in [5.41, 5.74) is 2.39. The maximum Gasteiger partial charge on any atom is 0.226 e. The third-order valence-electron chi connectivity index (χ3n) is 6.31. The smallest absolute Gasteiger partial charge is 0.226 e. The van der Waals surface area contributed by atoms with Crippen molar-refractivity contribution >= 4 is 27.5 Å². The summed E-state index contributed by atoms with van der Waals surface area (Å²) in [5.74, 6) is 0.515. The lowest BCUT2D eigenvalue weighted by atomic mass is 9.82. The first-order chi connectivity index (χ1) is 14.8. The summed E-state index contributed by atoms with van der Waals surface area (Å²) in [5, 5.41) is 1.11. The maximum atomic E-state index is 13.5. The van der Waals surface area contributed by atoms with E-state index >= 15 is 0 Å². The molecule has 4 nitrogen and oxygen atoms in total. The lowest BCUT2D eigenvalue weighted by molar-refractivity contribution is -0.138. The minimum Gasteiger partial charge on any atom is -0.340 e. The van der Waals surface area contributed by atoms with E-state index < -0.39 is 0 Å². The zero-order valence-electron chi connectivity index (χ0n) is 17.1. The molecule has 2 aromatic carbocycles. The predicted molar refractivity (Wildman–Crippen MR) is 123 cm³/mol. The number of fused-ring (bicyclic) bond motifs is 1. The van der Waals surface area contributed by atoms with Crippen molar-refractivity contribution in [3.05, 3.63) is 77.3 Å². The molecule has 1 aliphatic heterocycles. The van der Waals surface area contributed by atoms with E-state index in [9.17, 15) is 4.79 Å². The molecule has 1 saturated heterocycles. The highest BCUT2D eigenvalue weighted by Crippen LogP contribution is 2.39. The van der Waals surface area contributed by atoms with Gasteiger partial charge in [-0.15, -0.1) is 11.3 Å². The predicted octanol–water partition coefficient (Wildman–Crippen LogP) is 4.69. The number of nitrogens with zero attached hydrogens (tertiary/aromatic N) is 3. The summed E-state index contributed by atoms with van der Waals surface area (Å²) in [7, 11) is 0. The molecule has 0 saturated carbocycles. The standard InChI is InChI=1S/C25H27N3OS/c29-25(28-16-14-27(15-17-28)18-19-8-2-1-3-9-19)21-11-5-4-10-20(21)24-26-22-12-6-7-13-23(22)30-24/h1-9,12-13,20-21H,10-11,14-18H2/t20-,21+/m0/s1. The molecular weight excluding hydrogens is 390 g/mol. The van der Waals surface area contributed by atoms with E-state index in [2.05, 4.69) is 70.5 Å². The Kier molecular flexibility index (Phi) is 5.65. The van der Waals surface area contributed by atoms with Crippen LogP contribution in [0.2, 0.25) is 0 Å². The van der Waals surface area contributed by atoms with Crippen molar-refractivity contribution < 1.29 is 4.79 Å². The molecular formula is C25H27N3OS. The van der Waals surface area contributed by atoms with Crippen molar-refractivity contribution in [1.29, 1.82) is 0 Å². The first-order valence-electron chi connectivity index (χ1n) is 10.8. The Balaban J connectivity index is 1.26. The zero-order chi connectivity index (χ0) is 20.3. The fraction of sp³-hybridized carbons (Fsp3) is 0.360. The van der Waals surface area contributed by atoms with Gasteiger partial charge in [0.2, 0.25) is 5.91 Å². The van der Waals surface area contributed by atoms with E-state index in [1.807, 2.05) is 6.07 Å². The normalized spacial score (nSPS) is 22.5. The molecule has 1 aromatic heterocycles. The average Bonchev–Trinajstić information content (AvgIpc) is 3.24. The average molecular weight is 418 g/mol. The minimum absolute atomic E-state index is 0.0104. The highest BCUT2D eigenvalue weighted by molar-refractivity contribution is 7.18. The number of hydrogen-bond donors (Lipinski definition) is 0. The number of hydrogen-bond acceptors (Lipinski definition) is 4. The van der Waals surface area contributed by atoms with Crippen molar-refractivity contribution in [1.82, 2.24) is 14.8 Å². The molecule has 3 aromatic rings. The van der Waals surface area contributed by atoms with Crippen molar-refractivity contribution in [3.8, 4) is 0 Å². The van der Waals surface area contributed by atoms with Gasteiger partial charge in [0.05, 0.1) is 21.1 Å². The number of thiazole rings is 1. The molecule has 0 spiro atoms. The van der Waals surface area contributed by atoms with Gasteiger partial charge in [0.25, 0.3) is 0 Å². The first kappa shape index (κ1) is 19.5. The zero-order valence-corrected chi connectivity index (χ0v) is 17.9. The van der Waals surface area contributed by atoms with Crippen LogP contribution in [-0.2, 0) is 11.3 Å². The first-order valence-corrected chi connectivity index (χ1v) is 11.6. The van der Waals surface area contributed by atoms with Crippen molar-refractivity contribution in [2.24, 2.45) is 5.92 Å². The van der Waals surface area contributed by atoms with Gasteiger partial charge in [-0.2, -0.15) is 0 Å². The van der Waals surface area contributed by atoms with Crippen LogP contribution in [0.3, 0.4) is 0 Å². The Bertz CT molecular complexity index is 1000. The number of carbonyl (C=O) groups is 1. The topological polar surface area (TPSA) is 36.4 Å². The van der Waals surface area contributed by atoms with E-state index in [4.69, 9.17) is 4.98 Å². The molecule has 154 valence electrons. The fourth-order valence-electron chi connectivity index (χ4n) is 4.61. The molecule has 2 atom stereocenters. The summed E-state index contributed by atoms with van der Waals surface area (Å²) >= 11 is 1.75. The lowest BCUT2D eigenvalue weighted by Crippen LogP contribution is -2.50. The van der Waals surface area contributed by atoms with Gasteiger partial charge in [-0.05, 0) is 30.5 Å². The van der Waals surface area contributed by atoms with Crippen LogP contribution in [0.15, 0.2) is 66.7 Å². The third-order valence-corrected chi connectivity index (χ3v) is 7.48. The van der Waals surface area contributed by atoms with E-state index in [0.29, 0.717) is 5.91 Å². The molecule has 1 amide bonds. The van der Waals surface area contributed by atoms with Crippen LogP contribution in [0.5, 0.6) is 0 Å². The highest BCUT2D eigenvalue weighted by atomic mass is 32.1. The van der Waals surface area contributed by atoms with Crippen LogP contribution in [0.4, 0.5) is 0 Å². The SMILES string of the molecule is O=C([C@@H]1CC=CC[C@@H]1c1nc2ccccc2s1)N1CCN(Cc2ccccc2)CC1. The fourth-order valence-corrected chi connectivity index (χ4v) is 5.76. The van der Waals surface area contributed by atoms with E-state index in [-0.39, 0.29) is 11.8 Å². The van der Waals surface area contributed by atoms with Gasteiger partial charge in [-0.1, -0.05) is 54.6 Å². The van der Waals surface area contributed by atoms with E-state index in [1.54, 1.807) is 11.3 Å². The van der Waals surface area contributed by atoms with Gasteiger partial charge in [0.15, 0.2) is 0 Å². The van der Waals surface area contributed by atoms with Gasteiger partial charge in [-0.3, -0.25) is 9.69 Å². The summed E-state index contributed by atoms with van der Waals surface area (Å²) in [6.07, 6.45) is 6.13. The van der Waals surface area contributed by atoms with E-state index in [1.165, 1.54) is 10.3 Å². The molecule has 0 unspecified atom stereocenters. The van der Waals surface area contributed by atoms with Crippen LogP contribution in [-0.4, -0.2) is 46.9 Å². The Morgan fingerprint density at radius 1 is 0.933 bits per heavy atom. The quantitative estimate of drug-likeness (QED) is 0.578. The highest BCUT2D eigenvalue weighted by Gasteiger charge is 2.35. The van der Waals surface area contributed by atoms with Crippen LogP contribution >= 0.6 is 11.3 Å². The van der Waals surface area contributed by atoms with Gasteiger partial charge in [-0.25, -0.2) is 4.98 Å². The largest absolute Gasteiger partial charge is 0.340 e. The van der Waals surface area contributed by atoms with Crippen LogP contribution in [0.25, 0.3) is 10.2 Å². The minimum atomic E-state index is 0.0104. The molecule has 0 N–H and O–H groups in total. The molecule has 2 heterocycles. The Labute approximate surface area is 181 Å². The van der Waals surface area contributed by atoms with Gasteiger partial charge in [0.1, 0.15) is 0 Å². The summed E-state index contributed by atoms with van der Waals surface area (Å²) in [4.78, 5) is 22.9. The summed E-state index contributed by atoms with van der Waals surface area (Å²) in [6, 6.07) is 18.9. The monoisotopic (exact) mass is 417 g/mol. The Morgan fingerprint density at radius 2 is 1.67 bits per heavy atom. The van der Waals surface area contributed by atoms with Crippen LogP contribution in [0.1, 0.15) is 29.3 Å². The summed E-state index contributed by atoms with van der Waals surface area (Å²) in [6.45, 7) is 4.48. The summed E-state index contributed by atoms with van der Waals surface area (Å²) < 4.78 is 1.21.